The number of rotatable bonds is 4. The maximum atomic E-state index is 11.8. The predicted octanol–water partition coefficient (Wildman–Crippen LogP) is 1.92. The Morgan fingerprint density at radius 2 is 2.24 bits per heavy atom. The van der Waals surface area contributed by atoms with Crippen LogP contribution in [0.25, 0.3) is 0 Å². The number of hydrogen-bond donors (Lipinski definition) is 3. The van der Waals surface area contributed by atoms with Crippen LogP contribution < -0.4 is 11.1 Å². The molecule has 1 aromatic rings. The first-order valence-electron chi connectivity index (χ1n) is 5.41. The van der Waals surface area contributed by atoms with Gasteiger partial charge in [-0.2, -0.15) is 0 Å². The van der Waals surface area contributed by atoms with Crippen molar-refractivity contribution >= 4 is 27.5 Å². The molecule has 0 fully saturated rings. The summed E-state index contributed by atoms with van der Waals surface area (Å²) in [5.74, 6) is -0.274. The fraction of sp³-hybridized carbons (Fsp3) is 0.417. The van der Waals surface area contributed by atoms with Crippen molar-refractivity contribution in [1.29, 1.82) is 0 Å². The lowest BCUT2D eigenvalue weighted by Crippen LogP contribution is -2.40. The van der Waals surface area contributed by atoms with E-state index in [0.717, 1.165) is 4.47 Å². The number of benzene rings is 1. The van der Waals surface area contributed by atoms with Crippen LogP contribution in [0.3, 0.4) is 0 Å². The third-order valence-corrected chi connectivity index (χ3v) is 3.14. The zero-order valence-electron chi connectivity index (χ0n) is 9.96. The van der Waals surface area contributed by atoms with Crippen LogP contribution in [0.5, 0.6) is 0 Å². The van der Waals surface area contributed by atoms with E-state index in [1.165, 1.54) is 0 Å². The van der Waals surface area contributed by atoms with Gasteiger partial charge in [0.15, 0.2) is 0 Å². The van der Waals surface area contributed by atoms with Gasteiger partial charge in [-0.15, -0.1) is 0 Å². The van der Waals surface area contributed by atoms with E-state index in [4.69, 9.17) is 5.73 Å². The molecule has 0 aliphatic heterocycles. The van der Waals surface area contributed by atoms with Crippen molar-refractivity contribution < 1.29 is 9.90 Å². The van der Waals surface area contributed by atoms with Gasteiger partial charge >= 0.3 is 0 Å². The van der Waals surface area contributed by atoms with Gasteiger partial charge in [-0.25, -0.2) is 0 Å². The zero-order valence-corrected chi connectivity index (χ0v) is 11.5. The molecule has 1 amide bonds. The summed E-state index contributed by atoms with van der Waals surface area (Å²) in [5, 5.41) is 12.4. The summed E-state index contributed by atoms with van der Waals surface area (Å²) < 4.78 is 0.826. The van der Waals surface area contributed by atoms with E-state index in [9.17, 15) is 9.90 Å². The minimum atomic E-state index is -0.889. The third-order valence-electron chi connectivity index (χ3n) is 2.65. The summed E-state index contributed by atoms with van der Waals surface area (Å²) in [6, 6.07) is 5.07. The summed E-state index contributed by atoms with van der Waals surface area (Å²) in [6.45, 7) is 3.75. The van der Waals surface area contributed by atoms with E-state index in [1.54, 1.807) is 25.1 Å². The highest BCUT2D eigenvalue weighted by molar-refractivity contribution is 9.10. The van der Waals surface area contributed by atoms with E-state index >= 15 is 0 Å². The highest BCUT2D eigenvalue weighted by atomic mass is 79.9. The highest BCUT2D eigenvalue weighted by Crippen LogP contribution is 2.18. The number of aliphatic hydroxyl groups is 1. The van der Waals surface area contributed by atoms with Gasteiger partial charge in [0.25, 0.3) is 5.91 Å². The average Bonchev–Trinajstić information content (AvgIpc) is 2.26. The topological polar surface area (TPSA) is 75.3 Å². The van der Waals surface area contributed by atoms with Crippen molar-refractivity contribution in [2.24, 2.45) is 0 Å². The van der Waals surface area contributed by atoms with Crippen LogP contribution in [0.1, 0.15) is 30.6 Å². The van der Waals surface area contributed by atoms with Crippen molar-refractivity contribution in [3.63, 3.8) is 0 Å². The summed E-state index contributed by atoms with van der Waals surface area (Å²) in [4.78, 5) is 11.8. The molecule has 4 nitrogen and oxygen atoms in total. The van der Waals surface area contributed by atoms with Crippen molar-refractivity contribution in [3.05, 3.63) is 28.2 Å². The van der Waals surface area contributed by atoms with Crippen LogP contribution in [-0.2, 0) is 0 Å². The molecule has 0 aliphatic carbocycles. The Morgan fingerprint density at radius 3 is 2.76 bits per heavy atom. The molecule has 0 heterocycles. The molecule has 0 aromatic heterocycles. The fourth-order valence-electron chi connectivity index (χ4n) is 1.23. The molecular formula is C12H17BrN2O2. The lowest BCUT2D eigenvalue weighted by Gasteiger charge is -2.21. The first-order chi connectivity index (χ1) is 7.85. The van der Waals surface area contributed by atoms with Gasteiger partial charge in [0.1, 0.15) is 0 Å². The zero-order chi connectivity index (χ0) is 13.1. The summed E-state index contributed by atoms with van der Waals surface area (Å²) in [5.41, 5.74) is 5.68. The molecule has 0 radical (unpaired) electrons. The molecule has 1 aromatic carbocycles. The predicted molar refractivity (Wildman–Crippen MR) is 71.8 cm³/mol. The molecule has 4 N–H and O–H groups in total. The molecule has 0 aliphatic rings. The maximum Gasteiger partial charge on any atom is 0.253 e. The van der Waals surface area contributed by atoms with E-state index in [0.29, 0.717) is 17.7 Å². The molecule has 94 valence electrons. The van der Waals surface area contributed by atoms with Crippen molar-refractivity contribution in [1.82, 2.24) is 5.32 Å². The number of amides is 1. The maximum absolute atomic E-state index is 11.8. The molecule has 0 spiro atoms. The van der Waals surface area contributed by atoms with E-state index in [2.05, 4.69) is 21.2 Å². The lowest BCUT2D eigenvalue weighted by atomic mass is 10.0. The number of hydrogen-bond acceptors (Lipinski definition) is 3. The molecule has 5 heteroatoms. The first-order valence-corrected chi connectivity index (χ1v) is 6.20. The SMILES string of the molecule is CCC(C)(O)CNC(=O)c1ccc(Br)cc1N. The van der Waals surface area contributed by atoms with Crippen LogP contribution in [0.2, 0.25) is 0 Å². The Labute approximate surface area is 109 Å². The quantitative estimate of drug-likeness (QED) is 0.744. The number of halogens is 1. The Hall–Kier alpha value is -1.07. The minimum absolute atomic E-state index is 0.206. The number of nitrogen functional groups attached to an aromatic ring is 1. The Kier molecular flexibility index (Phi) is 4.54. The summed E-state index contributed by atoms with van der Waals surface area (Å²) in [7, 11) is 0. The van der Waals surface area contributed by atoms with Gasteiger partial charge in [-0.05, 0) is 31.5 Å². The molecule has 1 atom stereocenters. The number of nitrogens with one attached hydrogen (secondary N) is 1. The Balaban J connectivity index is 2.71. The van der Waals surface area contributed by atoms with Gasteiger partial charge in [0.2, 0.25) is 0 Å². The number of anilines is 1. The molecule has 0 saturated heterocycles. The normalized spacial score (nSPS) is 14.1. The summed E-state index contributed by atoms with van der Waals surface area (Å²) in [6.07, 6.45) is 0.573. The van der Waals surface area contributed by atoms with Crippen molar-refractivity contribution in [2.75, 3.05) is 12.3 Å². The Bertz CT molecular complexity index is 419. The van der Waals surface area contributed by atoms with Crippen LogP contribution in [0, 0.1) is 0 Å². The second-order valence-electron chi connectivity index (χ2n) is 4.26. The molecule has 17 heavy (non-hydrogen) atoms. The summed E-state index contributed by atoms with van der Waals surface area (Å²) >= 11 is 3.28. The van der Waals surface area contributed by atoms with Gasteiger partial charge in [-0.3, -0.25) is 4.79 Å². The second-order valence-corrected chi connectivity index (χ2v) is 5.18. The van der Waals surface area contributed by atoms with E-state index in [-0.39, 0.29) is 12.5 Å². The molecular weight excluding hydrogens is 284 g/mol. The number of carbonyl (C=O) groups is 1. The van der Waals surface area contributed by atoms with Crippen LogP contribution in [0.15, 0.2) is 22.7 Å². The average molecular weight is 301 g/mol. The van der Waals surface area contributed by atoms with Gasteiger partial charge in [-0.1, -0.05) is 22.9 Å². The van der Waals surface area contributed by atoms with Gasteiger partial charge in [0, 0.05) is 16.7 Å². The first kappa shape index (κ1) is 14.0. The number of carbonyl (C=O) groups excluding carboxylic acids is 1. The van der Waals surface area contributed by atoms with Crippen LogP contribution >= 0.6 is 15.9 Å². The fourth-order valence-corrected chi connectivity index (χ4v) is 1.61. The number of nitrogens with two attached hydrogens (primary N) is 1. The minimum Gasteiger partial charge on any atom is -0.398 e. The molecule has 0 saturated carbocycles. The highest BCUT2D eigenvalue weighted by Gasteiger charge is 2.19. The monoisotopic (exact) mass is 300 g/mol. The van der Waals surface area contributed by atoms with E-state index in [1.807, 2.05) is 6.92 Å². The lowest BCUT2D eigenvalue weighted by molar-refractivity contribution is 0.0518. The van der Waals surface area contributed by atoms with Crippen molar-refractivity contribution in [2.45, 2.75) is 25.9 Å². The molecule has 1 rings (SSSR count). The molecule has 0 bridgehead atoms. The van der Waals surface area contributed by atoms with Crippen molar-refractivity contribution in [3.8, 4) is 0 Å². The van der Waals surface area contributed by atoms with Crippen LogP contribution in [-0.4, -0.2) is 23.2 Å². The largest absolute Gasteiger partial charge is 0.398 e. The Morgan fingerprint density at radius 1 is 1.59 bits per heavy atom. The van der Waals surface area contributed by atoms with Crippen LogP contribution in [0.4, 0.5) is 5.69 Å². The van der Waals surface area contributed by atoms with Gasteiger partial charge < -0.3 is 16.2 Å². The van der Waals surface area contributed by atoms with E-state index < -0.39 is 5.60 Å². The molecule has 1 unspecified atom stereocenters. The smallest absolute Gasteiger partial charge is 0.253 e. The third kappa shape index (κ3) is 4.02. The van der Waals surface area contributed by atoms with Gasteiger partial charge in [0.05, 0.1) is 11.2 Å². The second kappa shape index (κ2) is 5.51. The standard InChI is InChI=1S/C12H17BrN2O2/c1-3-12(2,17)7-15-11(16)9-5-4-8(13)6-10(9)14/h4-6,17H,3,7,14H2,1-2H3,(H,15,16).